The number of hydrogen-bond donors (Lipinski definition) is 3. The van der Waals surface area contributed by atoms with Gasteiger partial charge in [-0.3, -0.25) is 4.90 Å². The molecule has 1 saturated heterocycles. The first-order valence-corrected chi connectivity index (χ1v) is 12.3. The second-order valence-electron chi connectivity index (χ2n) is 10.2. The van der Waals surface area contributed by atoms with Gasteiger partial charge in [-0.15, -0.1) is 0 Å². The van der Waals surface area contributed by atoms with Crippen LogP contribution < -0.4 is 10.1 Å². The number of piperidine rings is 1. The SMILES string of the molecule is COc1cc(C)c2[nH]ccc2c1CN1CCC2(C[C@H]1c1ccc(C(=O)O)nc1NCC#N)CC(F)(F)C2. The molecule has 3 aromatic rings. The number of pyridine rings is 1. The fourth-order valence-electron chi connectivity index (χ4n) is 6.15. The zero-order valence-electron chi connectivity index (χ0n) is 20.8. The molecule has 8 nitrogen and oxygen atoms in total. The van der Waals surface area contributed by atoms with Crippen molar-refractivity contribution in [3.63, 3.8) is 0 Å². The summed E-state index contributed by atoms with van der Waals surface area (Å²) >= 11 is 0. The first-order valence-electron chi connectivity index (χ1n) is 12.3. The Hall–Kier alpha value is -3.71. The number of aromatic carboxylic acids is 1. The average Bonchev–Trinajstić information content (AvgIpc) is 3.34. The molecule has 0 radical (unpaired) electrons. The lowest BCUT2D eigenvalue weighted by Crippen LogP contribution is -2.53. The predicted octanol–water partition coefficient (Wildman–Crippen LogP) is 5.27. The maximum absolute atomic E-state index is 14.0. The van der Waals surface area contributed by atoms with Crippen molar-refractivity contribution in [2.45, 2.75) is 51.1 Å². The van der Waals surface area contributed by atoms with Crippen LogP contribution in [0.4, 0.5) is 14.6 Å². The van der Waals surface area contributed by atoms with Crippen molar-refractivity contribution in [3.05, 3.63) is 52.8 Å². The summed E-state index contributed by atoms with van der Waals surface area (Å²) in [7, 11) is 1.63. The second-order valence-corrected chi connectivity index (χ2v) is 10.2. The molecule has 10 heteroatoms. The molecule has 1 aliphatic carbocycles. The summed E-state index contributed by atoms with van der Waals surface area (Å²) < 4.78 is 33.8. The molecule has 3 heterocycles. The standard InChI is InChI=1S/C27H29F2N5O3/c1-16-11-22(37-2)19(17-5-8-31-23(16)17)13-34-10-6-26(14-27(28,29)15-26)12-21(34)18-3-4-20(25(35)36)33-24(18)32-9-7-30/h3-5,8,11,21,31H,6,9-10,12-15H2,1-2H3,(H,32,33)(H,35,36)/t21-/m0/s1. The number of anilines is 1. The normalized spacial score (nSPS) is 20.4. The third-order valence-electron chi connectivity index (χ3n) is 7.80. The van der Waals surface area contributed by atoms with Crippen LogP contribution in [0.15, 0.2) is 30.5 Å². The summed E-state index contributed by atoms with van der Waals surface area (Å²) in [6.45, 7) is 3.04. The van der Waals surface area contributed by atoms with Crippen LogP contribution in [0.1, 0.15) is 58.9 Å². The Kier molecular flexibility index (Phi) is 6.28. The van der Waals surface area contributed by atoms with Crippen LogP contribution >= 0.6 is 0 Å². The number of carboxylic acids is 1. The lowest BCUT2D eigenvalue weighted by atomic mass is 9.59. The summed E-state index contributed by atoms with van der Waals surface area (Å²) in [5.74, 6) is -2.79. The van der Waals surface area contributed by atoms with Crippen LogP contribution in [0.2, 0.25) is 0 Å². The number of methoxy groups -OCH3 is 1. The monoisotopic (exact) mass is 509 g/mol. The Bertz CT molecular complexity index is 1390. The highest BCUT2D eigenvalue weighted by Gasteiger charge is 2.58. The van der Waals surface area contributed by atoms with Crippen LogP contribution in [0, 0.1) is 23.7 Å². The second kappa shape index (κ2) is 9.30. The molecule has 37 heavy (non-hydrogen) atoms. The van der Waals surface area contributed by atoms with Gasteiger partial charge in [-0.1, -0.05) is 6.07 Å². The number of aromatic amines is 1. The number of aromatic nitrogens is 2. The van der Waals surface area contributed by atoms with Gasteiger partial charge < -0.3 is 20.1 Å². The highest BCUT2D eigenvalue weighted by molar-refractivity contribution is 5.88. The van der Waals surface area contributed by atoms with Crippen molar-refractivity contribution in [2.24, 2.45) is 5.41 Å². The van der Waals surface area contributed by atoms with Gasteiger partial charge in [0.2, 0.25) is 5.92 Å². The number of aryl methyl sites for hydroxylation is 1. The maximum Gasteiger partial charge on any atom is 0.354 e. The molecule has 2 fully saturated rings. The van der Waals surface area contributed by atoms with Crippen LogP contribution in [-0.2, 0) is 6.54 Å². The van der Waals surface area contributed by atoms with Gasteiger partial charge in [0.05, 0.1) is 13.2 Å². The number of hydrogen-bond acceptors (Lipinski definition) is 6. The number of halogens is 2. The van der Waals surface area contributed by atoms with Gasteiger partial charge in [-0.25, -0.2) is 18.6 Å². The number of H-pyrrole nitrogens is 1. The molecule has 0 bridgehead atoms. The van der Waals surface area contributed by atoms with E-state index in [9.17, 15) is 18.7 Å². The molecule has 194 valence electrons. The quantitative estimate of drug-likeness (QED) is 0.372. The van der Waals surface area contributed by atoms with Gasteiger partial charge >= 0.3 is 5.97 Å². The molecule has 1 spiro atoms. The number of benzene rings is 1. The highest BCUT2D eigenvalue weighted by Crippen LogP contribution is 2.61. The fourth-order valence-corrected chi connectivity index (χ4v) is 6.15. The molecule has 5 rings (SSSR count). The van der Waals surface area contributed by atoms with E-state index >= 15 is 0 Å². The van der Waals surface area contributed by atoms with Gasteiger partial charge in [-0.2, -0.15) is 5.26 Å². The maximum atomic E-state index is 14.0. The van der Waals surface area contributed by atoms with E-state index in [4.69, 9.17) is 10.00 Å². The number of rotatable bonds is 7. The molecular formula is C27H29F2N5O3. The summed E-state index contributed by atoms with van der Waals surface area (Å²) in [5, 5.41) is 22.6. The van der Waals surface area contributed by atoms with Crippen molar-refractivity contribution >= 4 is 22.7 Å². The van der Waals surface area contributed by atoms with Crippen molar-refractivity contribution in [3.8, 4) is 11.8 Å². The van der Waals surface area contributed by atoms with Crippen molar-refractivity contribution in [1.29, 1.82) is 5.26 Å². The van der Waals surface area contributed by atoms with Gasteiger partial charge in [0, 0.05) is 53.7 Å². The Labute approximate surface area is 213 Å². The third kappa shape index (κ3) is 4.60. The number of likely N-dealkylation sites (tertiary alicyclic amines) is 1. The van der Waals surface area contributed by atoms with E-state index in [0.717, 1.165) is 27.8 Å². The van der Waals surface area contributed by atoms with E-state index < -0.39 is 17.3 Å². The highest BCUT2D eigenvalue weighted by atomic mass is 19.3. The average molecular weight is 510 g/mol. The Morgan fingerprint density at radius 3 is 2.84 bits per heavy atom. The minimum absolute atomic E-state index is 0.0608. The zero-order valence-corrected chi connectivity index (χ0v) is 20.8. The zero-order chi connectivity index (χ0) is 26.4. The van der Waals surface area contributed by atoms with E-state index in [1.807, 2.05) is 31.3 Å². The summed E-state index contributed by atoms with van der Waals surface area (Å²) in [6, 6.07) is 8.83. The summed E-state index contributed by atoms with van der Waals surface area (Å²) in [6.07, 6.45) is 2.72. The molecular weight excluding hydrogens is 480 g/mol. The van der Waals surface area contributed by atoms with Crippen molar-refractivity contribution < 1.29 is 23.4 Å². The van der Waals surface area contributed by atoms with Crippen LogP contribution in [-0.4, -0.2) is 52.1 Å². The molecule has 1 aromatic carbocycles. The lowest BCUT2D eigenvalue weighted by Gasteiger charge is -2.54. The number of nitrogens with one attached hydrogen (secondary N) is 2. The van der Waals surface area contributed by atoms with Crippen LogP contribution in [0.5, 0.6) is 5.75 Å². The van der Waals surface area contributed by atoms with Gasteiger partial charge in [-0.05, 0) is 55.5 Å². The van der Waals surface area contributed by atoms with Crippen LogP contribution in [0.25, 0.3) is 10.9 Å². The number of carbonyl (C=O) groups is 1. The molecule has 1 aliphatic heterocycles. The lowest BCUT2D eigenvalue weighted by molar-refractivity contribution is -0.186. The number of carboxylic acid groups (broad SMARTS) is 1. The minimum Gasteiger partial charge on any atom is -0.496 e. The number of nitriles is 1. The first-order chi connectivity index (χ1) is 17.6. The first kappa shape index (κ1) is 25.0. The Morgan fingerprint density at radius 2 is 2.16 bits per heavy atom. The van der Waals surface area contributed by atoms with E-state index in [1.54, 1.807) is 13.2 Å². The Balaban J connectivity index is 1.57. The molecule has 1 saturated carbocycles. The number of ether oxygens (including phenoxy) is 1. The Morgan fingerprint density at radius 1 is 1.38 bits per heavy atom. The van der Waals surface area contributed by atoms with Crippen molar-refractivity contribution in [2.75, 3.05) is 25.5 Å². The van der Waals surface area contributed by atoms with Crippen LogP contribution in [0.3, 0.4) is 0 Å². The predicted molar refractivity (Wildman–Crippen MR) is 134 cm³/mol. The van der Waals surface area contributed by atoms with E-state index in [0.29, 0.717) is 37.3 Å². The topological polar surface area (TPSA) is 114 Å². The number of fused-ring (bicyclic) bond motifs is 1. The number of nitrogens with zero attached hydrogens (tertiary/aromatic N) is 3. The van der Waals surface area contributed by atoms with E-state index in [-0.39, 0.29) is 31.1 Å². The third-order valence-corrected chi connectivity index (χ3v) is 7.80. The molecule has 1 atom stereocenters. The molecule has 0 unspecified atom stereocenters. The number of alkyl halides is 2. The fraction of sp³-hybridized carbons (Fsp3) is 0.444. The van der Waals surface area contributed by atoms with E-state index in [2.05, 4.69) is 20.2 Å². The molecule has 0 amide bonds. The van der Waals surface area contributed by atoms with E-state index in [1.165, 1.54) is 6.07 Å². The van der Waals surface area contributed by atoms with Gasteiger partial charge in [0.1, 0.15) is 18.1 Å². The van der Waals surface area contributed by atoms with Gasteiger partial charge in [0.25, 0.3) is 0 Å². The molecule has 3 N–H and O–H groups in total. The molecule has 2 aliphatic rings. The summed E-state index contributed by atoms with van der Waals surface area (Å²) in [4.78, 5) is 21.4. The smallest absolute Gasteiger partial charge is 0.354 e. The minimum atomic E-state index is -2.66. The largest absolute Gasteiger partial charge is 0.496 e. The van der Waals surface area contributed by atoms with Gasteiger partial charge in [0.15, 0.2) is 5.69 Å². The summed E-state index contributed by atoms with van der Waals surface area (Å²) in [5.41, 5.74) is 3.14. The molecule has 2 aromatic heterocycles. The van der Waals surface area contributed by atoms with Crippen molar-refractivity contribution in [1.82, 2.24) is 14.9 Å².